The van der Waals surface area contributed by atoms with E-state index in [9.17, 15) is 8.42 Å². The maximum Gasteiger partial charge on any atom is 0.281 e. The molecule has 2 aliphatic heterocycles. The standard InChI is InChI=1S/C16H31N3O3S/c1-17(2)23(20,21)19-8-6-16(7-9-19)10-15(12-22-3)18(13-16)11-14-4-5-14/h14-15H,4-13H2,1-3H3. The van der Waals surface area contributed by atoms with Gasteiger partial charge in [-0.25, -0.2) is 0 Å². The maximum atomic E-state index is 12.3. The normalized spacial score (nSPS) is 29.7. The molecule has 0 aromatic rings. The molecule has 6 nitrogen and oxygen atoms in total. The molecule has 1 atom stereocenters. The van der Waals surface area contributed by atoms with Gasteiger partial charge in [0.15, 0.2) is 0 Å². The molecule has 1 spiro atoms. The van der Waals surface area contributed by atoms with Crippen molar-refractivity contribution in [1.29, 1.82) is 0 Å². The highest BCUT2D eigenvalue weighted by molar-refractivity contribution is 7.86. The molecule has 23 heavy (non-hydrogen) atoms. The van der Waals surface area contributed by atoms with Crippen LogP contribution in [0.25, 0.3) is 0 Å². The van der Waals surface area contributed by atoms with Gasteiger partial charge in [0, 0.05) is 53.4 Å². The molecule has 2 heterocycles. The van der Waals surface area contributed by atoms with E-state index in [1.165, 1.54) is 23.7 Å². The monoisotopic (exact) mass is 345 g/mol. The predicted molar refractivity (Wildman–Crippen MR) is 90.4 cm³/mol. The molecule has 0 radical (unpaired) electrons. The van der Waals surface area contributed by atoms with Crippen molar-refractivity contribution in [3.8, 4) is 0 Å². The average molecular weight is 346 g/mol. The summed E-state index contributed by atoms with van der Waals surface area (Å²) < 4.78 is 33.0. The third-order valence-corrected chi connectivity index (χ3v) is 7.78. The van der Waals surface area contributed by atoms with Crippen LogP contribution in [0.3, 0.4) is 0 Å². The lowest BCUT2D eigenvalue weighted by molar-refractivity contribution is 0.112. The van der Waals surface area contributed by atoms with Gasteiger partial charge in [0.25, 0.3) is 10.2 Å². The van der Waals surface area contributed by atoms with Crippen LogP contribution in [-0.2, 0) is 14.9 Å². The summed E-state index contributed by atoms with van der Waals surface area (Å²) in [5.41, 5.74) is 0.288. The Morgan fingerprint density at radius 3 is 2.39 bits per heavy atom. The van der Waals surface area contributed by atoms with E-state index in [0.717, 1.165) is 38.3 Å². The van der Waals surface area contributed by atoms with Crippen LogP contribution < -0.4 is 0 Å². The smallest absolute Gasteiger partial charge is 0.281 e. The molecule has 3 rings (SSSR count). The minimum Gasteiger partial charge on any atom is -0.383 e. The SMILES string of the molecule is COCC1CC2(CCN(S(=O)(=O)N(C)C)CC2)CN1CC1CC1. The van der Waals surface area contributed by atoms with Gasteiger partial charge in [0.2, 0.25) is 0 Å². The fourth-order valence-corrected chi connectivity index (χ4v) is 5.35. The van der Waals surface area contributed by atoms with Crippen molar-refractivity contribution in [2.24, 2.45) is 11.3 Å². The Morgan fingerprint density at radius 1 is 1.22 bits per heavy atom. The molecular weight excluding hydrogens is 314 g/mol. The van der Waals surface area contributed by atoms with Crippen molar-refractivity contribution in [3.63, 3.8) is 0 Å². The van der Waals surface area contributed by atoms with Gasteiger partial charge in [-0.05, 0) is 43.4 Å². The molecule has 0 aromatic heterocycles. The lowest BCUT2D eigenvalue weighted by Gasteiger charge is -2.39. The van der Waals surface area contributed by atoms with Gasteiger partial charge in [0.1, 0.15) is 0 Å². The average Bonchev–Trinajstić information content (AvgIpc) is 3.25. The zero-order chi connectivity index (χ0) is 16.7. The Labute approximate surface area is 140 Å². The zero-order valence-electron chi connectivity index (χ0n) is 14.7. The highest BCUT2D eigenvalue weighted by Gasteiger charge is 2.47. The topological polar surface area (TPSA) is 53.1 Å². The van der Waals surface area contributed by atoms with Gasteiger partial charge >= 0.3 is 0 Å². The summed E-state index contributed by atoms with van der Waals surface area (Å²) in [6.45, 7) is 4.42. The van der Waals surface area contributed by atoms with Crippen LogP contribution in [-0.4, -0.2) is 82.0 Å². The Balaban J connectivity index is 1.63. The van der Waals surface area contributed by atoms with E-state index in [1.807, 2.05) is 0 Å². The molecule has 7 heteroatoms. The van der Waals surface area contributed by atoms with Crippen LogP contribution in [0, 0.1) is 11.3 Å². The van der Waals surface area contributed by atoms with Gasteiger partial charge in [-0.15, -0.1) is 0 Å². The van der Waals surface area contributed by atoms with E-state index < -0.39 is 10.2 Å². The number of hydrogen-bond acceptors (Lipinski definition) is 4. The highest BCUT2D eigenvalue weighted by Crippen LogP contribution is 2.45. The summed E-state index contributed by atoms with van der Waals surface area (Å²) in [4.78, 5) is 2.62. The third kappa shape index (κ3) is 3.74. The molecule has 0 amide bonds. The molecule has 2 saturated heterocycles. The lowest BCUT2D eigenvalue weighted by atomic mass is 9.77. The quantitative estimate of drug-likeness (QED) is 0.721. The van der Waals surface area contributed by atoms with Gasteiger partial charge in [-0.1, -0.05) is 0 Å². The molecule has 0 bridgehead atoms. The first-order valence-electron chi connectivity index (χ1n) is 8.77. The van der Waals surface area contributed by atoms with Gasteiger partial charge in [-0.2, -0.15) is 17.0 Å². The molecule has 1 aliphatic carbocycles. The van der Waals surface area contributed by atoms with E-state index in [-0.39, 0.29) is 5.41 Å². The fourth-order valence-electron chi connectivity index (χ4n) is 4.24. The van der Waals surface area contributed by atoms with E-state index >= 15 is 0 Å². The first kappa shape index (κ1) is 17.6. The second-order valence-electron chi connectivity index (χ2n) is 7.88. The van der Waals surface area contributed by atoms with E-state index in [4.69, 9.17) is 4.74 Å². The summed E-state index contributed by atoms with van der Waals surface area (Å²) in [5, 5.41) is 0. The Kier molecular flexibility index (Phi) is 5.05. The Hall–Kier alpha value is -0.210. The van der Waals surface area contributed by atoms with Gasteiger partial charge < -0.3 is 4.74 Å². The minimum absolute atomic E-state index is 0.288. The summed E-state index contributed by atoms with van der Waals surface area (Å²) in [6, 6.07) is 0.512. The molecule has 1 saturated carbocycles. The van der Waals surface area contributed by atoms with Crippen molar-refractivity contribution >= 4 is 10.2 Å². The molecule has 3 aliphatic rings. The van der Waals surface area contributed by atoms with E-state index in [1.54, 1.807) is 25.5 Å². The first-order valence-corrected chi connectivity index (χ1v) is 10.2. The number of ether oxygens (including phenoxy) is 1. The van der Waals surface area contributed by atoms with Crippen LogP contribution in [0.2, 0.25) is 0 Å². The van der Waals surface area contributed by atoms with E-state index in [2.05, 4.69) is 4.90 Å². The largest absolute Gasteiger partial charge is 0.383 e. The number of rotatable bonds is 6. The molecule has 0 N–H and O–H groups in total. The number of likely N-dealkylation sites (tertiary alicyclic amines) is 1. The predicted octanol–water partition coefficient (Wildman–Crippen LogP) is 1.01. The summed E-state index contributed by atoms with van der Waals surface area (Å²) in [5.74, 6) is 0.888. The molecule has 1 unspecified atom stereocenters. The van der Waals surface area contributed by atoms with Crippen molar-refractivity contribution in [2.45, 2.75) is 38.1 Å². The maximum absolute atomic E-state index is 12.3. The molecule has 134 valence electrons. The molecule has 0 aromatic carbocycles. The van der Waals surface area contributed by atoms with Gasteiger partial charge in [0.05, 0.1) is 6.61 Å². The Bertz CT molecular complexity index is 511. The van der Waals surface area contributed by atoms with E-state index in [0.29, 0.717) is 19.1 Å². The van der Waals surface area contributed by atoms with Crippen LogP contribution in [0.5, 0.6) is 0 Å². The number of nitrogens with zero attached hydrogens (tertiary/aromatic N) is 3. The summed E-state index contributed by atoms with van der Waals surface area (Å²) in [7, 11) is 1.74. The van der Waals surface area contributed by atoms with Crippen molar-refractivity contribution < 1.29 is 13.2 Å². The van der Waals surface area contributed by atoms with Crippen molar-refractivity contribution in [2.75, 3.05) is 54.0 Å². The van der Waals surface area contributed by atoms with Crippen LogP contribution in [0.4, 0.5) is 0 Å². The third-order valence-electron chi connectivity index (χ3n) is 5.84. The molecule has 3 fully saturated rings. The second kappa shape index (κ2) is 6.59. The van der Waals surface area contributed by atoms with Crippen LogP contribution >= 0.6 is 0 Å². The highest BCUT2D eigenvalue weighted by atomic mass is 32.2. The summed E-state index contributed by atoms with van der Waals surface area (Å²) >= 11 is 0. The Morgan fingerprint density at radius 2 is 1.87 bits per heavy atom. The minimum atomic E-state index is -3.26. The second-order valence-corrected chi connectivity index (χ2v) is 10.0. The number of hydrogen-bond donors (Lipinski definition) is 0. The molecular formula is C16H31N3O3S. The van der Waals surface area contributed by atoms with Gasteiger partial charge in [-0.3, -0.25) is 4.90 Å². The number of methoxy groups -OCH3 is 1. The first-order chi connectivity index (χ1) is 10.9. The van der Waals surface area contributed by atoms with Crippen LogP contribution in [0.15, 0.2) is 0 Å². The van der Waals surface area contributed by atoms with Crippen molar-refractivity contribution in [3.05, 3.63) is 0 Å². The van der Waals surface area contributed by atoms with Crippen molar-refractivity contribution in [1.82, 2.24) is 13.5 Å². The van der Waals surface area contributed by atoms with Crippen LogP contribution in [0.1, 0.15) is 32.1 Å². The summed E-state index contributed by atoms with van der Waals surface area (Å²) in [6.07, 6.45) is 5.85. The zero-order valence-corrected chi connectivity index (χ0v) is 15.5. The lowest BCUT2D eigenvalue weighted by Crippen LogP contribution is -2.48. The number of piperidine rings is 1. The fraction of sp³-hybridized carbons (Fsp3) is 1.00.